The van der Waals surface area contributed by atoms with Crippen molar-refractivity contribution >= 4 is 28.9 Å². The Balaban J connectivity index is 2.13. The first-order valence-electron chi connectivity index (χ1n) is 6.84. The van der Waals surface area contributed by atoms with Crippen LogP contribution in [0.3, 0.4) is 0 Å². The molecule has 2 aromatic rings. The Morgan fingerprint density at radius 2 is 2.16 bits per heavy atom. The first-order chi connectivity index (χ1) is 9.22. The maximum Gasteiger partial charge on any atom is 0.202 e. The normalized spacial score (nSPS) is 23.9. The predicted molar refractivity (Wildman–Crippen MR) is 81.5 cm³/mol. The second-order valence-corrected chi connectivity index (χ2v) is 6.34. The minimum Gasteiger partial charge on any atom is -0.369 e. The molecule has 0 radical (unpaired) electrons. The quantitative estimate of drug-likeness (QED) is 0.915. The highest BCUT2D eigenvalue weighted by Crippen LogP contribution is 2.38. The molecule has 2 unspecified atom stereocenters. The summed E-state index contributed by atoms with van der Waals surface area (Å²) in [6.45, 7) is 2.06. The van der Waals surface area contributed by atoms with Crippen LogP contribution in [0, 0.1) is 6.92 Å². The van der Waals surface area contributed by atoms with Gasteiger partial charge in [0, 0.05) is 11.4 Å². The number of anilines is 1. The molecule has 0 amide bonds. The molecule has 4 nitrogen and oxygen atoms in total. The Morgan fingerprint density at radius 1 is 1.37 bits per heavy atom. The van der Waals surface area contributed by atoms with E-state index < -0.39 is 0 Å². The molecule has 2 heterocycles. The van der Waals surface area contributed by atoms with E-state index in [4.69, 9.17) is 5.73 Å². The molecule has 2 aromatic heterocycles. The molecular weight excluding hydrogens is 256 g/mol. The van der Waals surface area contributed by atoms with E-state index in [2.05, 4.69) is 27.7 Å². The molecule has 1 saturated carbocycles. The number of aryl methyl sites for hydroxylation is 1. The zero-order valence-electron chi connectivity index (χ0n) is 11.5. The Bertz CT molecular complexity index is 592. The summed E-state index contributed by atoms with van der Waals surface area (Å²) in [5.74, 6) is 0.614. The van der Waals surface area contributed by atoms with Crippen molar-refractivity contribution in [2.24, 2.45) is 0 Å². The number of nitrogens with two attached hydrogens (primary N) is 1. The maximum absolute atomic E-state index is 6.17. The summed E-state index contributed by atoms with van der Waals surface area (Å²) in [6.07, 6.45) is 9.07. The Hall–Kier alpha value is -1.23. The van der Waals surface area contributed by atoms with Crippen molar-refractivity contribution in [1.82, 2.24) is 14.5 Å². The van der Waals surface area contributed by atoms with Crippen LogP contribution in [0.5, 0.6) is 0 Å². The van der Waals surface area contributed by atoms with Crippen molar-refractivity contribution in [3.63, 3.8) is 0 Å². The van der Waals surface area contributed by atoms with Crippen LogP contribution in [0.1, 0.15) is 37.3 Å². The number of hydrogen-bond acceptors (Lipinski definition) is 4. The molecule has 0 saturated heterocycles. The fraction of sp³-hybridized carbons (Fsp3) is 0.571. The molecule has 19 heavy (non-hydrogen) atoms. The van der Waals surface area contributed by atoms with Gasteiger partial charge in [-0.1, -0.05) is 12.8 Å². The Labute approximate surface area is 117 Å². The Morgan fingerprint density at radius 3 is 2.95 bits per heavy atom. The maximum atomic E-state index is 6.17. The highest BCUT2D eigenvalue weighted by molar-refractivity contribution is 7.99. The van der Waals surface area contributed by atoms with Gasteiger partial charge in [-0.2, -0.15) is 11.8 Å². The second-order valence-electron chi connectivity index (χ2n) is 5.27. The number of imidazole rings is 1. The smallest absolute Gasteiger partial charge is 0.202 e. The number of aromatic nitrogens is 3. The lowest BCUT2D eigenvalue weighted by Crippen LogP contribution is -2.26. The third-order valence-electron chi connectivity index (χ3n) is 4.11. The summed E-state index contributed by atoms with van der Waals surface area (Å²) in [6, 6.07) is 2.43. The van der Waals surface area contributed by atoms with Gasteiger partial charge in [0.15, 0.2) is 5.65 Å². The molecule has 0 aliphatic heterocycles. The van der Waals surface area contributed by atoms with Crippen LogP contribution in [-0.4, -0.2) is 26.0 Å². The first kappa shape index (κ1) is 12.8. The average molecular weight is 276 g/mol. The lowest BCUT2D eigenvalue weighted by atomic mass is 9.94. The molecule has 2 atom stereocenters. The van der Waals surface area contributed by atoms with Gasteiger partial charge in [-0.05, 0) is 37.7 Å². The summed E-state index contributed by atoms with van der Waals surface area (Å²) >= 11 is 1.94. The molecule has 1 aliphatic rings. The Kier molecular flexibility index (Phi) is 3.39. The summed E-state index contributed by atoms with van der Waals surface area (Å²) in [5.41, 5.74) is 9.22. The standard InChI is InChI=1S/C14H20N4S/c1-9-7-8-16-13-12(9)17-14(15)18(13)10-5-3-4-6-11(10)19-2/h7-8,10-11H,3-6H2,1-2H3,(H2,15,17). The fourth-order valence-electron chi connectivity index (χ4n) is 3.10. The SMILES string of the molecule is CSC1CCCCC1n1c(N)nc2c(C)ccnc21. The van der Waals surface area contributed by atoms with Crippen LogP contribution in [0.2, 0.25) is 0 Å². The van der Waals surface area contributed by atoms with Crippen LogP contribution < -0.4 is 5.73 Å². The van der Waals surface area contributed by atoms with Crippen LogP contribution in [0.25, 0.3) is 11.2 Å². The van der Waals surface area contributed by atoms with Crippen molar-refractivity contribution in [1.29, 1.82) is 0 Å². The number of nitrogen functional groups attached to an aromatic ring is 1. The number of hydrogen-bond donors (Lipinski definition) is 1. The minimum atomic E-state index is 0.433. The van der Waals surface area contributed by atoms with Crippen molar-refractivity contribution in [3.8, 4) is 0 Å². The molecule has 102 valence electrons. The van der Waals surface area contributed by atoms with E-state index in [1.165, 1.54) is 25.7 Å². The molecular formula is C14H20N4S. The second kappa shape index (κ2) is 5.04. The van der Waals surface area contributed by atoms with E-state index in [1.807, 2.05) is 24.0 Å². The van der Waals surface area contributed by atoms with E-state index in [9.17, 15) is 0 Å². The van der Waals surface area contributed by atoms with Crippen LogP contribution in [-0.2, 0) is 0 Å². The molecule has 2 N–H and O–H groups in total. The van der Waals surface area contributed by atoms with E-state index in [1.54, 1.807) is 0 Å². The van der Waals surface area contributed by atoms with E-state index in [0.717, 1.165) is 16.7 Å². The molecule has 5 heteroatoms. The first-order valence-corrected chi connectivity index (χ1v) is 8.13. The van der Waals surface area contributed by atoms with Crippen molar-refractivity contribution in [3.05, 3.63) is 17.8 Å². The number of pyridine rings is 1. The zero-order valence-corrected chi connectivity index (χ0v) is 12.3. The summed E-state index contributed by atoms with van der Waals surface area (Å²) in [4.78, 5) is 9.04. The third kappa shape index (κ3) is 2.10. The van der Waals surface area contributed by atoms with Gasteiger partial charge in [0.25, 0.3) is 0 Å². The summed E-state index contributed by atoms with van der Waals surface area (Å²) in [7, 11) is 0. The molecule has 3 rings (SSSR count). The van der Waals surface area contributed by atoms with Gasteiger partial charge in [0.1, 0.15) is 5.52 Å². The molecule has 0 spiro atoms. The topological polar surface area (TPSA) is 56.7 Å². The van der Waals surface area contributed by atoms with Crippen molar-refractivity contribution in [2.75, 3.05) is 12.0 Å². The number of nitrogens with zero attached hydrogens (tertiary/aromatic N) is 3. The molecule has 0 aromatic carbocycles. The van der Waals surface area contributed by atoms with Gasteiger partial charge in [-0.15, -0.1) is 0 Å². The van der Waals surface area contributed by atoms with Gasteiger partial charge >= 0.3 is 0 Å². The zero-order chi connectivity index (χ0) is 13.4. The molecule has 0 bridgehead atoms. The number of rotatable bonds is 2. The predicted octanol–water partition coefficient (Wildman–Crippen LogP) is 3.17. The number of fused-ring (bicyclic) bond motifs is 1. The number of thioether (sulfide) groups is 1. The lowest BCUT2D eigenvalue weighted by Gasteiger charge is -2.31. The van der Waals surface area contributed by atoms with Crippen molar-refractivity contribution < 1.29 is 0 Å². The van der Waals surface area contributed by atoms with Crippen LogP contribution in [0.4, 0.5) is 5.95 Å². The third-order valence-corrected chi connectivity index (χ3v) is 5.27. The average Bonchev–Trinajstić information content (AvgIpc) is 2.76. The van der Waals surface area contributed by atoms with Gasteiger partial charge in [-0.25, -0.2) is 9.97 Å². The lowest BCUT2D eigenvalue weighted by molar-refractivity contribution is 0.373. The summed E-state index contributed by atoms with van der Waals surface area (Å²) in [5, 5.41) is 0.621. The van der Waals surface area contributed by atoms with Gasteiger partial charge in [-0.3, -0.25) is 4.57 Å². The van der Waals surface area contributed by atoms with Crippen molar-refractivity contribution in [2.45, 2.75) is 43.9 Å². The van der Waals surface area contributed by atoms with Gasteiger partial charge < -0.3 is 5.73 Å². The molecule has 1 aliphatic carbocycles. The fourth-order valence-corrected chi connectivity index (χ4v) is 4.08. The summed E-state index contributed by atoms with van der Waals surface area (Å²) < 4.78 is 2.17. The van der Waals surface area contributed by atoms with Crippen LogP contribution >= 0.6 is 11.8 Å². The largest absolute Gasteiger partial charge is 0.369 e. The van der Waals surface area contributed by atoms with Crippen LogP contribution in [0.15, 0.2) is 12.3 Å². The highest BCUT2D eigenvalue weighted by Gasteiger charge is 2.29. The van der Waals surface area contributed by atoms with E-state index in [-0.39, 0.29) is 0 Å². The van der Waals surface area contributed by atoms with E-state index in [0.29, 0.717) is 17.2 Å². The molecule has 1 fully saturated rings. The minimum absolute atomic E-state index is 0.433. The monoisotopic (exact) mass is 276 g/mol. The van der Waals surface area contributed by atoms with Gasteiger partial charge in [0.05, 0.1) is 6.04 Å². The highest BCUT2D eigenvalue weighted by atomic mass is 32.2. The van der Waals surface area contributed by atoms with E-state index >= 15 is 0 Å². The van der Waals surface area contributed by atoms with Gasteiger partial charge in [0.2, 0.25) is 5.95 Å².